The van der Waals surface area contributed by atoms with Crippen LogP contribution in [-0.2, 0) is 6.54 Å². The Labute approximate surface area is 132 Å². The van der Waals surface area contributed by atoms with E-state index in [1.165, 1.54) is 25.9 Å². The fourth-order valence-corrected chi connectivity index (χ4v) is 2.97. The molecule has 0 saturated carbocycles. The van der Waals surface area contributed by atoms with Gasteiger partial charge < -0.3 is 14.6 Å². The van der Waals surface area contributed by atoms with Gasteiger partial charge in [-0.2, -0.15) is 5.10 Å². The van der Waals surface area contributed by atoms with Crippen molar-refractivity contribution in [1.29, 1.82) is 0 Å². The standard InChI is InChI=1S/C17H26N4O/c1-13-5-8-21(9-6-13)10-7-18-11-15-12-19-20-17(15)16-4-3-14(2)22-16/h3-4,12-13,18H,5-11H2,1-2H3,(H,19,20). The van der Waals surface area contributed by atoms with Gasteiger partial charge in [0.15, 0.2) is 5.76 Å². The third kappa shape index (κ3) is 3.78. The average Bonchev–Trinajstić information content (AvgIpc) is 3.14. The van der Waals surface area contributed by atoms with Crippen LogP contribution in [0.5, 0.6) is 0 Å². The van der Waals surface area contributed by atoms with Gasteiger partial charge in [0, 0.05) is 25.2 Å². The molecule has 5 heteroatoms. The Morgan fingerprint density at radius 3 is 2.91 bits per heavy atom. The summed E-state index contributed by atoms with van der Waals surface area (Å²) in [5, 5.41) is 10.7. The zero-order valence-corrected chi connectivity index (χ0v) is 13.6. The zero-order chi connectivity index (χ0) is 15.4. The van der Waals surface area contributed by atoms with E-state index in [0.717, 1.165) is 48.3 Å². The summed E-state index contributed by atoms with van der Waals surface area (Å²) in [6, 6.07) is 3.96. The summed E-state index contributed by atoms with van der Waals surface area (Å²) in [4.78, 5) is 2.55. The molecule has 120 valence electrons. The highest BCUT2D eigenvalue weighted by molar-refractivity contribution is 5.56. The highest BCUT2D eigenvalue weighted by Gasteiger charge is 2.15. The van der Waals surface area contributed by atoms with Gasteiger partial charge in [-0.15, -0.1) is 0 Å². The van der Waals surface area contributed by atoms with Crippen molar-refractivity contribution >= 4 is 0 Å². The van der Waals surface area contributed by atoms with Gasteiger partial charge in [0.05, 0.1) is 6.20 Å². The fourth-order valence-electron chi connectivity index (χ4n) is 2.97. The molecule has 0 unspecified atom stereocenters. The molecule has 0 bridgehead atoms. The third-order valence-electron chi connectivity index (χ3n) is 4.50. The molecule has 0 radical (unpaired) electrons. The smallest absolute Gasteiger partial charge is 0.152 e. The van der Waals surface area contributed by atoms with Crippen LogP contribution in [0.3, 0.4) is 0 Å². The summed E-state index contributed by atoms with van der Waals surface area (Å²) < 4.78 is 5.67. The lowest BCUT2D eigenvalue weighted by Crippen LogP contribution is -2.37. The van der Waals surface area contributed by atoms with Crippen LogP contribution in [0.1, 0.15) is 31.1 Å². The first kappa shape index (κ1) is 15.3. The van der Waals surface area contributed by atoms with E-state index < -0.39 is 0 Å². The number of aromatic amines is 1. The lowest BCUT2D eigenvalue weighted by atomic mass is 9.99. The van der Waals surface area contributed by atoms with E-state index in [4.69, 9.17) is 4.42 Å². The van der Waals surface area contributed by atoms with Crippen LogP contribution in [0.2, 0.25) is 0 Å². The van der Waals surface area contributed by atoms with E-state index in [9.17, 15) is 0 Å². The van der Waals surface area contributed by atoms with E-state index in [-0.39, 0.29) is 0 Å². The first-order valence-electron chi connectivity index (χ1n) is 8.24. The lowest BCUT2D eigenvalue weighted by molar-refractivity contribution is 0.193. The maximum absolute atomic E-state index is 5.67. The Morgan fingerprint density at radius 1 is 1.36 bits per heavy atom. The van der Waals surface area contributed by atoms with E-state index in [2.05, 4.69) is 27.3 Å². The van der Waals surface area contributed by atoms with E-state index >= 15 is 0 Å². The molecule has 1 aliphatic heterocycles. The van der Waals surface area contributed by atoms with Gasteiger partial charge in [0.1, 0.15) is 11.5 Å². The Morgan fingerprint density at radius 2 is 2.18 bits per heavy atom. The number of furan rings is 1. The molecule has 0 amide bonds. The minimum Gasteiger partial charge on any atom is -0.460 e. The van der Waals surface area contributed by atoms with Gasteiger partial charge in [-0.25, -0.2) is 0 Å². The number of H-pyrrole nitrogens is 1. The van der Waals surface area contributed by atoms with Crippen LogP contribution in [0.15, 0.2) is 22.7 Å². The normalized spacial score (nSPS) is 17.2. The number of nitrogens with zero attached hydrogens (tertiary/aromatic N) is 2. The largest absolute Gasteiger partial charge is 0.460 e. The van der Waals surface area contributed by atoms with Crippen LogP contribution in [0.25, 0.3) is 11.5 Å². The monoisotopic (exact) mass is 302 g/mol. The number of aromatic nitrogens is 2. The molecule has 0 spiro atoms. The van der Waals surface area contributed by atoms with Crippen molar-refractivity contribution in [3.05, 3.63) is 29.7 Å². The summed E-state index contributed by atoms with van der Waals surface area (Å²) >= 11 is 0. The molecular formula is C17H26N4O. The lowest BCUT2D eigenvalue weighted by Gasteiger charge is -2.30. The molecule has 3 rings (SSSR count). The second kappa shape index (κ2) is 7.11. The van der Waals surface area contributed by atoms with Crippen LogP contribution >= 0.6 is 0 Å². The molecule has 0 aliphatic carbocycles. The molecule has 1 fully saturated rings. The molecule has 1 saturated heterocycles. The summed E-state index contributed by atoms with van der Waals surface area (Å²) in [5.41, 5.74) is 2.13. The van der Waals surface area contributed by atoms with Crippen LogP contribution in [-0.4, -0.2) is 41.3 Å². The van der Waals surface area contributed by atoms with E-state index in [0.29, 0.717) is 0 Å². The number of hydrogen-bond acceptors (Lipinski definition) is 4. The molecule has 5 nitrogen and oxygen atoms in total. The predicted molar refractivity (Wildman–Crippen MR) is 87.6 cm³/mol. The number of aryl methyl sites for hydroxylation is 1. The predicted octanol–water partition coefficient (Wildman–Crippen LogP) is 2.80. The second-order valence-corrected chi connectivity index (χ2v) is 6.38. The van der Waals surface area contributed by atoms with Crippen molar-refractivity contribution in [2.45, 2.75) is 33.2 Å². The molecule has 2 aromatic heterocycles. The SMILES string of the molecule is Cc1ccc(-c2[nH]ncc2CNCCN2CCC(C)CC2)o1. The van der Waals surface area contributed by atoms with Crippen molar-refractivity contribution in [1.82, 2.24) is 20.4 Å². The highest BCUT2D eigenvalue weighted by atomic mass is 16.3. The van der Waals surface area contributed by atoms with Gasteiger partial charge in [-0.3, -0.25) is 5.10 Å². The highest BCUT2D eigenvalue weighted by Crippen LogP contribution is 2.23. The first-order valence-corrected chi connectivity index (χ1v) is 8.24. The molecule has 2 N–H and O–H groups in total. The molecular weight excluding hydrogens is 276 g/mol. The Balaban J connectivity index is 1.45. The van der Waals surface area contributed by atoms with Crippen LogP contribution in [0.4, 0.5) is 0 Å². The van der Waals surface area contributed by atoms with Gasteiger partial charge >= 0.3 is 0 Å². The zero-order valence-electron chi connectivity index (χ0n) is 13.6. The summed E-state index contributed by atoms with van der Waals surface area (Å²) in [6.07, 6.45) is 4.55. The fraction of sp³-hybridized carbons (Fsp3) is 0.588. The maximum Gasteiger partial charge on any atom is 0.152 e. The average molecular weight is 302 g/mol. The van der Waals surface area contributed by atoms with Crippen LogP contribution < -0.4 is 5.32 Å². The number of piperidine rings is 1. The van der Waals surface area contributed by atoms with Gasteiger partial charge in [-0.1, -0.05) is 6.92 Å². The van der Waals surface area contributed by atoms with Gasteiger partial charge in [0.2, 0.25) is 0 Å². The Bertz CT molecular complexity index is 581. The number of likely N-dealkylation sites (tertiary alicyclic amines) is 1. The summed E-state index contributed by atoms with van der Waals surface area (Å²) in [7, 11) is 0. The van der Waals surface area contributed by atoms with Crippen molar-refractivity contribution in [2.75, 3.05) is 26.2 Å². The molecule has 0 atom stereocenters. The molecule has 1 aliphatic rings. The quantitative estimate of drug-likeness (QED) is 0.806. The minimum atomic E-state index is 0.815. The topological polar surface area (TPSA) is 57.1 Å². The Kier molecular flexibility index (Phi) is 4.95. The van der Waals surface area contributed by atoms with Crippen molar-refractivity contribution in [3.8, 4) is 11.5 Å². The molecule has 22 heavy (non-hydrogen) atoms. The number of rotatable bonds is 6. The number of hydrogen-bond donors (Lipinski definition) is 2. The van der Waals surface area contributed by atoms with Gasteiger partial charge in [0.25, 0.3) is 0 Å². The second-order valence-electron chi connectivity index (χ2n) is 6.38. The summed E-state index contributed by atoms with van der Waals surface area (Å²) in [6.45, 7) is 9.74. The third-order valence-corrected chi connectivity index (χ3v) is 4.50. The molecule has 2 aromatic rings. The van der Waals surface area contributed by atoms with Gasteiger partial charge in [-0.05, 0) is 50.9 Å². The van der Waals surface area contributed by atoms with Crippen molar-refractivity contribution in [2.24, 2.45) is 5.92 Å². The van der Waals surface area contributed by atoms with E-state index in [1.807, 2.05) is 25.3 Å². The van der Waals surface area contributed by atoms with E-state index in [1.54, 1.807) is 0 Å². The van der Waals surface area contributed by atoms with Crippen molar-refractivity contribution < 1.29 is 4.42 Å². The van der Waals surface area contributed by atoms with Crippen LogP contribution in [0, 0.1) is 12.8 Å². The minimum absolute atomic E-state index is 0.815. The number of nitrogens with one attached hydrogen (secondary N) is 2. The van der Waals surface area contributed by atoms with Crippen molar-refractivity contribution in [3.63, 3.8) is 0 Å². The maximum atomic E-state index is 5.67. The molecule has 0 aromatic carbocycles. The summed E-state index contributed by atoms with van der Waals surface area (Å²) in [5.74, 6) is 2.68. The first-order chi connectivity index (χ1) is 10.7. The Hall–Kier alpha value is -1.59. The molecule has 3 heterocycles.